The van der Waals surface area contributed by atoms with Crippen molar-refractivity contribution in [1.29, 1.82) is 0 Å². The van der Waals surface area contributed by atoms with E-state index in [1.807, 2.05) is 29.9 Å². The first-order valence-electron chi connectivity index (χ1n) is 12.8. The number of imidazole rings is 1. The number of aryl methyl sites for hydroxylation is 3. The number of aliphatic hydroxyl groups is 2. The van der Waals surface area contributed by atoms with E-state index in [2.05, 4.69) is 42.2 Å². The second kappa shape index (κ2) is 14.2. The number of fused-ring (bicyclic) bond motifs is 1. The van der Waals surface area contributed by atoms with E-state index in [0.717, 1.165) is 29.7 Å². The van der Waals surface area contributed by atoms with E-state index < -0.39 is 36.4 Å². The molecule has 12 nitrogen and oxygen atoms in total. The smallest absolute Gasteiger partial charge is 0.336 e. The predicted octanol–water partition coefficient (Wildman–Crippen LogP) is 2.35. The summed E-state index contributed by atoms with van der Waals surface area (Å²) < 4.78 is 3.66. The van der Waals surface area contributed by atoms with E-state index in [1.165, 1.54) is 9.75 Å². The molecule has 1 aromatic carbocycles. The molecule has 1 unspecified atom stereocenters. The number of aliphatic hydroxyl groups excluding tert-OH is 1. The van der Waals surface area contributed by atoms with Crippen molar-refractivity contribution in [1.82, 2.24) is 14.0 Å². The average Bonchev–Trinajstić information content (AvgIpc) is 3.36. The molecule has 0 saturated heterocycles. The molecule has 13 heteroatoms. The second-order valence-corrected chi connectivity index (χ2v) is 11.0. The molecule has 0 spiro atoms. The molecule has 3 aromatic rings. The number of thiophene rings is 1. The number of carboxylic acid groups (broad SMARTS) is 3. The van der Waals surface area contributed by atoms with Gasteiger partial charge in [-0.25, -0.2) is 9.59 Å². The Morgan fingerprint density at radius 1 is 0.950 bits per heavy atom. The summed E-state index contributed by atoms with van der Waals surface area (Å²) in [6.07, 6.45) is -2.67. The van der Waals surface area contributed by atoms with E-state index in [-0.39, 0.29) is 11.8 Å². The summed E-state index contributed by atoms with van der Waals surface area (Å²) in [4.78, 5) is 47.9. The van der Waals surface area contributed by atoms with Crippen molar-refractivity contribution in [2.24, 2.45) is 0 Å². The molecule has 1 atom stereocenters. The first-order valence-corrected chi connectivity index (χ1v) is 13.6. The highest BCUT2D eigenvalue weighted by atomic mass is 32.1. The van der Waals surface area contributed by atoms with E-state index in [4.69, 9.17) is 20.4 Å². The van der Waals surface area contributed by atoms with Crippen LogP contribution in [-0.4, -0.2) is 75.7 Å². The third-order valence-electron chi connectivity index (χ3n) is 6.11. The normalized spacial score (nSPS) is 12.3. The molecule has 2 aromatic heterocycles. The summed E-state index contributed by atoms with van der Waals surface area (Å²) in [6.45, 7) is 11.5. The van der Waals surface area contributed by atoms with Crippen molar-refractivity contribution in [3.05, 3.63) is 56.1 Å². The summed E-state index contributed by atoms with van der Waals surface area (Å²) in [7, 11) is 0. The minimum atomic E-state index is -2.74. The van der Waals surface area contributed by atoms with Gasteiger partial charge >= 0.3 is 23.6 Å². The zero-order valence-corrected chi connectivity index (χ0v) is 23.8. The number of rotatable bonds is 13. The van der Waals surface area contributed by atoms with Gasteiger partial charge in [-0.1, -0.05) is 6.07 Å². The average molecular weight is 580 g/mol. The summed E-state index contributed by atoms with van der Waals surface area (Å²) in [6, 6.07) is 10.6. The molecule has 0 bridgehead atoms. The molecule has 0 saturated carbocycles. The highest BCUT2D eigenvalue weighted by Crippen LogP contribution is 2.21. The molecule has 40 heavy (non-hydrogen) atoms. The number of hydrogen-bond donors (Lipinski definition) is 5. The van der Waals surface area contributed by atoms with Gasteiger partial charge in [-0.3, -0.25) is 23.6 Å². The number of carbonyl (C=O) groups is 3. The van der Waals surface area contributed by atoms with Crippen LogP contribution in [0.25, 0.3) is 11.0 Å². The molecule has 0 fully saturated rings. The maximum atomic E-state index is 12.6. The van der Waals surface area contributed by atoms with E-state index in [0.29, 0.717) is 19.6 Å². The lowest BCUT2D eigenvalue weighted by molar-refractivity contribution is -0.170. The van der Waals surface area contributed by atoms with Gasteiger partial charge in [0, 0.05) is 42.5 Å². The Hall–Kier alpha value is -3.52. The quantitative estimate of drug-likeness (QED) is 0.201. The number of aliphatic carboxylic acids is 3. The maximum absolute atomic E-state index is 12.6. The lowest BCUT2D eigenvalue weighted by atomic mass is 9.96. The molecule has 0 aliphatic rings. The number of aromatic nitrogens is 2. The van der Waals surface area contributed by atoms with Gasteiger partial charge in [0.25, 0.3) is 0 Å². The molecular formula is C27H37N3O9S. The zero-order chi connectivity index (χ0) is 30.2. The van der Waals surface area contributed by atoms with Crippen molar-refractivity contribution in [3.8, 4) is 0 Å². The number of nitrogens with zero attached hydrogens (tertiary/aromatic N) is 3. The lowest BCUT2D eigenvalue weighted by Gasteiger charge is -2.23. The van der Waals surface area contributed by atoms with Crippen LogP contribution >= 0.6 is 11.3 Å². The third-order valence-corrected chi connectivity index (χ3v) is 7.09. The van der Waals surface area contributed by atoms with Crippen molar-refractivity contribution < 1.29 is 39.9 Å². The van der Waals surface area contributed by atoms with Crippen molar-refractivity contribution in [3.63, 3.8) is 0 Å². The fourth-order valence-electron chi connectivity index (χ4n) is 4.40. The first-order chi connectivity index (χ1) is 18.7. The predicted molar refractivity (Wildman–Crippen MR) is 149 cm³/mol. The van der Waals surface area contributed by atoms with Crippen LogP contribution in [0.4, 0.5) is 0 Å². The minimum absolute atomic E-state index is 0.0575. The SMILES string of the molecule is CCn1c(=O)n(CC)c2cc(CN(Cc3ccc(C)s3)CC(C)O)ccc21.O=C(O)CC(O)(CC(=O)O)C(=O)O. The van der Waals surface area contributed by atoms with Crippen LogP contribution in [0.1, 0.15) is 48.9 Å². The Balaban J connectivity index is 0.000000366. The van der Waals surface area contributed by atoms with E-state index in [9.17, 15) is 24.3 Å². The minimum Gasteiger partial charge on any atom is -0.481 e. The van der Waals surface area contributed by atoms with Crippen LogP contribution in [0, 0.1) is 6.92 Å². The van der Waals surface area contributed by atoms with Gasteiger partial charge in [-0.15, -0.1) is 11.3 Å². The van der Waals surface area contributed by atoms with Gasteiger partial charge in [-0.2, -0.15) is 0 Å². The molecule has 0 aliphatic heterocycles. The zero-order valence-electron chi connectivity index (χ0n) is 23.0. The Labute approximate surface area is 235 Å². The highest BCUT2D eigenvalue weighted by molar-refractivity contribution is 7.11. The standard InChI is InChI=1S/C21H29N3O2S.C6H8O7/c1-5-23-19-10-8-17(11-20(19)24(6-2)21(23)26)13-22(12-15(3)25)14-18-9-7-16(4)27-18;7-3(8)1-6(13,5(11)12)2-4(9)10/h7-11,15,25H,5-6,12-14H2,1-4H3;13H,1-2H2,(H,7,8)(H,9,10)(H,11,12). The monoisotopic (exact) mass is 579 g/mol. The third kappa shape index (κ3) is 8.74. The number of benzene rings is 1. The lowest BCUT2D eigenvalue weighted by Crippen LogP contribution is -2.42. The number of hydrogen-bond acceptors (Lipinski definition) is 8. The second-order valence-electron chi connectivity index (χ2n) is 9.60. The van der Waals surface area contributed by atoms with Crippen LogP contribution in [0.15, 0.2) is 35.1 Å². The fourth-order valence-corrected chi connectivity index (χ4v) is 5.33. The molecule has 5 N–H and O–H groups in total. The fraction of sp³-hybridized carbons (Fsp3) is 0.481. The van der Waals surface area contributed by atoms with Crippen LogP contribution < -0.4 is 5.69 Å². The van der Waals surface area contributed by atoms with Crippen LogP contribution in [-0.2, 0) is 40.6 Å². The maximum Gasteiger partial charge on any atom is 0.336 e. The molecule has 0 radical (unpaired) electrons. The molecule has 0 aliphatic carbocycles. The van der Waals surface area contributed by atoms with Gasteiger partial charge in [0.15, 0.2) is 5.60 Å². The van der Waals surface area contributed by atoms with Gasteiger partial charge < -0.3 is 25.5 Å². The van der Waals surface area contributed by atoms with Crippen LogP contribution in [0.5, 0.6) is 0 Å². The van der Waals surface area contributed by atoms with Gasteiger partial charge in [-0.05, 0) is 57.5 Å². The van der Waals surface area contributed by atoms with Crippen molar-refractivity contribution in [2.75, 3.05) is 6.54 Å². The molecule has 220 valence electrons. The van der Waals surface area contributed by atoms with Gasteiger partial charge in [0.05, 0.1) is 30.0 Å². The Kier molecular flexibility index (Phi) is 11.6. The molecular weight excluding hydrogens is 542 g/mol. The highest BCUT2D eigenvalue weighted by Gasteiger charge is 2.40. The van der Waals surface area contributed by atoms with E-state index in [1.54, 1.807) is 11.3 Å². The largest absolute Gasteiger partial charge is 0.481 e. The molecule has 3 rings (SSSR count). The topological polar surface area (TPSA) is 183 Å². The van der Waals surface area contributed by atoms with Crippen LogP contribution in [0.3, 0.4) is 0 Å². The van der Waals surface area contributed by atoms with E-state index >= 15 is 0 Å². The van der Waals surface area contributed by atoms with Crippen molar-refractivity contribution in [2.45, 2.75) is 78.4 Å². The first kappa shape index (κ1) is 32.7. The Morgan fingerprint density at radius 3 is 1.98 bits per heavy atom. The summed E-state index contributed by atoms with van der Waals surface area (Å²) in [5.74, 6) is -5.02. The van der Waals surface area contributed by atoms with Crippen molar-refractivity contribution >= 4 is 40.3 Å². The number of carboxylic acids is 3. The summed E-state index contributed by atoms with van der Waals surface area (Å²) in [5, 5.41) is 43.7. The summed E-state index contributed by atoms with van der Waals surface area (Å²) >= 11 is 1.80. The van der Waals surface area contributed by atoms with Gasteiger partial charge in [0.1, 0.15) is 0 Å². The van der Waals surface area contributed by atoms with Crippen LogP contribution in [0.2, 0.25) is 0 Å². The summed E-state index contributed by atoms with van der Waals surface area (Å²) in [5.41, 5.74) is 0.460. The molecule has 0 amide bonds. The Morgan fingerprint density at radius 2 is 1.52 bits per heavy atom. The molecule has 2 heterocycles. The van der Waals surface area contributed by atoms with Gasteiger partial charge in [0.2, 0.25) is 0 Å². The Bertz CT molecular complexity index is 1370.